The van der Waals surface area contributed by atoms with Crippen molar-refractivity contribution in [3.63, 3.8) is 0 Å². The van der Waals surface area contributed by atoms with E-state index in [4.69, 9.17) is 0 Å². The predicted molar refractivity (Wildman–Crippen MR) is 123 cm³/mol. The Balaban J connectivity index is 1.47. The van der Waals surface area contributed by atoms with Gasteiger partial charge >= 0.3 is 0 Å². The third kappa shape index (κ3) is 4.36. The summed E-state index contributed by atoms with van der Waals surface area (Å²) in [7, 11) is 0. The Hall–Kier alpha value is -2.40. The highest BCUT2D eigenvalue weighted by Gasteiger charge is 2.41. The zero-order valence-corrected chi connectivity index (χ0v) is 18.8. The molecule has 156 valence electrons. The number of benzene rings is 2. The van der Waals surface area contributed by atoms with Gasteiger partial charge in [-0.2, -0.15) is 0 Å². The molecule has 2 heterocycles. The highest BCUT2D eigenvalue weighted by atomic mass is 79.9. The van der Waals surface area contributed by atoms with Crippen molar-refractivity contribution < 1.29 is 9.59 Å². The SMILES string of the molecule is CCNC(=O)c1ccc(/C(Br)=C2/C[C@H]3CC[C@@H](C2)N3C(=O)Cc2ccccc2)cc1. The van der Waals surface area contributed by atoms with Crippen molar-refractivity contribution in [2.45, 2.75) is 51.1 Å². The number of carbonyl (C=O) groups is 2. The largest absolute Gasteiger partial charge is 0.352 e. The number of nitrogens with zero attached hydrogens (tertiary/aromatic N) is 1. The Morgan fingerprint density at radius 3 is 2.17 bits per heavy atom. The van der Waals surface area contributed by atoms with Gasteiger partial charge in [0.1, 0.15) is 0 Å². The summed E-state index contributed by atoms with van der Waals surface area (Å²) in [5.41, 5.74) is 4.21. The van der Waals surface area contributed by atoms with E-state index < -0.39 is 0 Å². The number of amides is 2. The molecule has 2 atom stereocenters. The molecule has 2 aliphatic rings. The van der Waals surface area contributed by atoms with Crippen molar-refractivity contribution in [2.75, 3.05) is 6.54 Å². The molecule has 5 heteroatoms. The molecule has 2 saturated heterocycles. The Labute approximate surface area is 186 Å². The van der Waals surface area contributed by atoms with Crippen LogP contribution in [0.15, 0.2) is 60.2 Å². The summed E-state index contributed by atoms with van der Waals surface area (Å²) < 4.78 is 1.11. The lowest BCUT2D eigenvalue weighted by Gasteiger charge is -2.37. The van der Waals surface area contributed by atoms with Crippen LogP contribution in [-0.4, -0.2) is 35.3 Å². The first-order valence-electron chi connectivity index (χ1n) is 10.7. The van der Waals surface area contributed by atoms with Gasteiger partial charge < -0.3 is 10.2 Å². The monoisotopic (exact) mass is 466 g/mol. The summed E-state index contributed by atoms with van der Waals surface area (Å²) in [4.78, 5) is 27.1. The van der Waals surface area contributed by atoms with Crippen molar-refractivity contribution >= 4 is 32.2 Å². The molecule has 2 aliphatic heterocycles. The van der Waals surface area contributed by atoms with Crippen LogP contribution < -0.4 is 5.32 Å². The van der Waals surface area contributed by atoms with E-state index >= 15 is 0 Å². The van der Waals surface area contributed by atoms with Crippen LogP contribution >= 0.6 is 15.9 Å². The van der Waals surface area contributed by atoms with Gasteiger partial charge in [-0.15, -0.1) is 0 Å². The van der Waals surface area contributed by atoms with Crippen LogP contribution in [0, 0.1) is 0 Å². The zero-order chi connectivity index (χ0) is 21.1. The number of piperidine rings is 1. The van der Waals surface area contributed by atoms with Gasteiger partial charge in [-0.1, -0.05) is 64.0 Å². The molecule has 4 nitrogen and oxygen atoms in total. The summed E-state index contributed by atoms with van der Waals surface area (Å²) in [6.07, 6.45) is 4.46. The normalized spacial score (nSPS) is 22.0. The highest BCUT2D eigenvalue weighted by Crippen LogP contribution is 2.43. The van der Waals surface area contributed by atoms with Crippen molar-refractivity contribution in [2.24, 2.45) is 0 Å². The molecule has 0 radical (unpaired) electrons. The van der Waals surface area contributed by atoms with Crippen LogP contribution in [0.25, 0.3) is 4.48 Å². The highest BCUT2D eigenvalue weighted by molar-refractivity contribution is 9.15. The maximum absolute atomic E-state index is 13.0. The van der Waals surface area contributed by atoms with Crippen molar-refractivity contribution in [1.29, 1.82) is 0 Å². The van der Waals surface area contributed by atoms with Gasteiger partial charge in [0.2, 0.25) is 5.91 Å². The number of fused-ring (bicyclic) bond motifs is 2. The predicted octanol–water partition coefficient (Wildman–Crippen LogP) is 4.94. The fraction of sp³-hybridized carbons (Fsp3) is 0.360. The summed E-state index contributed by atoms with van der Waals surface area (Å²) in [5.74, 6) is 0.200. The maximum atomic E-state index is 13.0. The minimum absolute atomic E-state index is 0.0453. The number of hydrogen-bond acceptors (Lipinski definition) is 2. The first-order valence-corrected chi connectivity index (χ1v) is 11.5. The summed E-state index contributed by atoms with van der Waals surface area (Å²) in [6.45, 7) is 2.54. The lowest BCUT2D eigenvalue weighted by Crippen LogP contribution is -2.45. The second-order valence-corrected chi connectivity index (χ2v) is 8.90. The van der Waals surface area contributed by atoms with Gasteiger partial charge in [0.25, 0.3) is 5.91 Å². The van der Waals surface area contributed by atoms with E-state index in [1.165, 1.54) is 5.57 Å². The third-order valence-corrected chi connectivity index (χ3v) is 7.14. The van der Waals surface area contributed by atoms with Crippen molar-refractivity contribution in [3.05, 3.63) is 76.9 Å². The van der Waals surface area contributed by atoms with Crippen molar-refractivity contribution in [1.82, 2.24) is 10.2 Å². The molecule has 2 bridgehead atoms. The quantitative estimate of drug-likeness (QED) is 0.678. The molecule has 0 aliphatic carbocycles. The fourth-order valence-electron chi connectivity index (χ4n) is 4.70. The molecule has 2 amide bonds. The third-order valence-electron chi connectivity index (χ3n) is 6.12. The lowest BCUT2D eigenvalue weighted by molar-refractivity contribution is -0.134. The second kappa shape index (κ2) is 9.17. The first kappa shape index (κ1) is 20.9. The molecule has 2 aromatic carbocycles. The van der Waals surface area contributed by atoms with Gasteiger partial charge in [0, 0.05) is 28.7 Å². The fourth-order valence-corrected chi connectivity index (χ4v) is 5.29. The van der Waals surface area contributed by atoms with Crippen LogP contribution in [0.1, 0.15) is 54.1 Å². The van der Waals surface area contributed by atoms with E-state index in [2.05, 4.69) is 26.1 Å². The minimum atomic E-state index is -0.0453. The molecule has 2 aromatic rings. The molecule has 30 heavy (non-hydrogen) atoms. The van der Waals surface area contributed by atoms with Crippen LogP contribution in [0.4, 0.5) is 0 Å². The second-order valence-electron chi connectivity index (χ2n) is 8.11. The molecule has 1 N–H and O–H groups in total. The van der Waals surface area contributed by atoms with Crippen LogP contribution in [-0.2, 0) is 11.2 Å². The Kier molecular flexibility index (Phi) is 6.38. The molecular formula is C25H27BrN2O2. The summed E-state index contributed by atoms with van der Waals surface area (Å²) in [6, 6.07) is 18.3. The standard InChI is InChI=1S/C25H27BrN2O2/c1-2-27-25(30)19-10-8-18(9-11-19)24(26)20-15-21-12-13-22(16-20)28(21)23(29)14-17-6-4-3-5-7-17/h3-11,21-22H,2,12-16H2,1H3,(H,27,30)/b24-20-/t21-,22+/m0/s1. The number of halogens is 1. The van der Waals surface area contributed by atoms with E-state index in [1.54, 1.807) is 0 Å². The number of rotatable bonds is 5. The molecule has 0 aromatic heterocycles. The number of carbonyl (C=O) groups excluding carboxylic acids is 2. The number of nitrogens with one attached hydrogen (secondary N) is 1. The van der Waals surface area contributed by atoms with Gasteiger partial charge in [-0.05, 0) is 55.9 Å². The zero-order valence-electron chi connectivity index (χ0n) is 17.2. The van der Waals surface area contributed by atoms with Crippen LogP contribution in [0.2, 0.25) is 0 Å². The number of hydrogen-bond donors (Lipinski definition) is 1. The molecule has 0 spiro atoms. The molecule has 0 saturated carbocycles. The average molecular weight is 467 g/mol. The smallest absolute Gasteiger partial charge is 0.251 e. The Morgan fingerprint density at radius 1 is 0.967 bits per heavy atom. The lowest BCUT2D eigenvalue weighted by atomic mass is 9.93. The maximum Gasteiger partial charge on any atom is 0.251 e. The van der Waals surface area contributed by atoms with Gasteiger partial charge in [-0.3, -0.25) is 9.59 Å². The molecule has 0 unspecified atom stereocenters. The summed E-state index contributed by atoms with van der Waals surface area (Å²) >= 11 is 3.81. The van der Waals surface area contributed by atoms with Crippen LogP contribution in [0.3, 0.4) is 0 Å². The Bertz CT molecular complexity index is 937. The topological polar surface area (TPSA) is 49.4 Å². The van der Waals surface area contributed by atoms with E-state index in [0.717, 1.165) is 41.3 Å². The molecular weight excluding hydrogens is 440 g/mol. The Morgan fingerprint density at radius 2 is 1.57 bits per heavy atom. The van der Waals surface area contributed by atoms with E-state index in [0.29, 0.717) is 18.5 Å². The van der Waals surface area contributed by atoms with Crippen LogP contribution in [0.5, 0.6) is 0 Å². The van der Waals surface area contributed by atoms with Gasteiger partial charge in [-0.25, -0.2) is 0 Å². The van der Waals surface area contributed by atoms with Crippen molar-refractivity contribution in [3.8, 4) is 0 Å². The molecule has 4 rings (SSSR count). The minimum Gasteiger partial charge on any atom is -0.352 e. The van der Waals surface area contributed by atoms with E-state index in [9.17, 15) is 9.59 Å². The van der Waals surface area contributed by atoms with Gasteiger partial charge in [0.05, 0.1) is 6.42 Å². The molecule has 2 fully saturated rings. The van der Waals surface area contributed by atoms with E-state index in [-0.39, 0.29) is 23.9 Å². The average Bonchev–Trinajstić information content (AvgIpc) is 3.04. The van der Waals surface area contributed by atoms with Gasteiger partial charge in [0.15, 0.2) is 0 Å². The van der Waals surface area contributed by atoms with E-state index in [1.807, 2.05) is 61.5 Å². The summed E-state index contributed by atoms with van der Waals surface area (Å²) in [5, 5.41) is 2.83. The first-order chi connectivity index (χ1) is 14.6.